The van der Waals surface area contributed by atoms with Gasteiger partial charge in [-0.25, -0.2) is 0 Å². The highest BCUT2D eigenvalue weighted by Crippen LogP contribution is 2.32. The van der Waals surface area contributed by atoms with Gasteiger partial charge in [-0.3, -0.25) is 4.79 Å². The minimum atomic E-state index is -1.24. The van der Waals surface area contributed by atoms with Crippen LogP contribution >= 0.6 is 0 Å². The Hall–Kier alpha value is -2.24. The third kappa shape index (κ3) is 3.13. The number of carbonyl (C=O) groups excluding carboxylic acids is 2. The van der Waals surface area contributed by atoms with Gasteiger partial charge in [0.1, 0.15) is 13.2 Å². The predicted octanol–water partition coefficient (Wildman–Crippen LogP) is -0.0736. The number of carboxylic acid groups (broad SMARTS) is 1. The summed E-state index contributed by atoms with van der Waals surface area (Å²) in [5.41, 5.74) is 0.544. The van der Waals surface area contributed by atoms with Crippen LogP contribution in [0.1, 0.15) is 12.8 Å². The van der Waals surface area contributed by atoms with Crippen LogP contribution in [-0.2, 0) is 9.59 Å². The van der Waals surface area contributed by atoms with Gasteiger partial charge in [0.05, 0.1) is 0 Å². The average molecular weight is 250 g/mol. The molecule has 0 spiro atoms. The molecule has 18 heavy (non-hydrogen) atoms. The summed E-state index contributed by atoms with van der Waals surface area (Å²) in [6.45, 7) is 0.972. The Kier molecular flexibility index (Phi) is 3.66. The first kappa shape index (κ1) is 12.2. The lowest BCUT2D eigenvalue weighted by atomic mass is 10.2. The van der Waals surface area contributed by atoms with Crippen molar-refractivity contribution in [1.82, 2.24) is 0 Å². The molecule has 1 aliphatic rings. The number of hydrogen-bond donors (Lipinski definition) is 1. The van der Waals surface area contributed by atoms with Crippen LogP contribution in [0, 0.1) is 0 Å². The Balaban J connectivity index is 1.97. The molecule has 6 nitrogen and oxygen atoms in total. The fourth-order valence-electron chi connectivity index (χ4n) is 1.56. The van der Waals surface area contributed by atoms with Gasteiger partial charge in [-0.15, -0.1) is 0 Å². The second-order valence-corrected chi connectivity index (χ2v) is 3.78. The van der Waals surface area contributed by atoms with E-state index in [9.17, 15) is 14.7 Å². The van der Waals surface area contributed by atoms with Gasteiger partial charge in [0.15, 0.2) is 11.5 Å². The van der Waals surface area contributed by atoms with Crippen molar-refractivity contribution < 1.29 is 24.2 Å². The van der Waals surface area contributed by atoms with E-state index < -0.39 is 5.97 Å². The Morgan fingerprint density at radius 1 is 1.17 bits per heavy atom. The molecule has 2 rings (SSSR count). The topological polar surface area (TPSA) is 87.7 Å². The largest absolute Gasteiger partial charge is 0.550 e. The highest BCUT2D eigenvalue weighted by Gasteiger charge is 2.12. The minimum Gasteiger partial charge on any atom is -0.550 e. The second-order valence-electron chi connectivity index (χ2n) is 3.78. The number of nitrogens with one attached hydrogen (secondary N) is 1. The summed E-state index contributed by atoms with van der Waals surface area (Å²) in [6.07, 6.45) is -0.410. The SMILES string of the molecule is O=C([O-])CCC(=O)Nc1ccc2c(c1)OCCO2. The molecule has 0 fully saturated rings. The smallest absolute Gasteiger partial charge is 0.224 e. The number of benzene rings is 1. The molecule has 1 aromatic carbocycles. The van der Waals surface area contributed by atoms with Crippen LogP contribution in [-0.4, -0.2) is 25.1 Å². The van der Waals surface area contributed by atoms with E-state index in [-0.39, 0.29) is 18.7 Å². The van der Waals surface area contributed by atoms with Crippen LogP contribution in [0.15, 0.2) is 18.2 Å². The summed E-state index contributed by atoms with van der Waals surface area (Å²) < 4.78 is 10.7. The number of rotatable bonds is 4. The maximum absolute atomic E-state index is 11.4. The number of fused-ring (bicyclic) bond motifs is 1. The lowest BCUT2D eigenvalue weighted by Crippen LogP contribution is -2.24. The van der Waals surface area contributed by atoms with Crippen molar-refractivity contribution in [3.8, 4) is 11.5 Å². The summed E-state index contributed by atoms with van der Waals surface area (Å²) >= 11 is 0. The summed E-state index contributed by atoms with van der Waals surface area (Å²) in [4.78, 5) is 21.6. The first-order valence-corrected chi connectivity index (χ1v) is 5.54. The molecule has 0 radical (unpaired) electrons. The van der Waals surface area contributed by atoms with E-state index in [1.165, 1.54) is 0 Å². The van der Waals surface area contributed by atoms with Crippen LogP contribution in [0.4, 0.5) is 5.69 Å². The molecule has 1 aliphatic heterocycles. The highest BCUT2D eigenvalue weighted by atomic mass is 16.6. The lowest BCUT2D eigenvalue weighted by Gasteiger charge is -2.19. The normalized spacial score (nSPS) is 12.9. The number of ether oxygens (including phenoxy) is 2. The quantitative estimate of drug-likeness (QED) is 0.808. The molecule has 0 aliphatic carbocycles. The lowest BCUT2D eigenvalue weighted by molar-refractivity contribution is -0.305. The van der Waals surface area contributed by atoms with Gasteiger partial charge in [0.2, 0.25) is 5.91 Å². The fourth-order valence-corrected chi connectivity index (χ4v) is 1.56. The van der Waals surface area contributed by atoms with E-state index in [2.05, 4.69) is 5.32 Å². The van der Waals surface area contributed by atoms with Crippen molar-refractivity contribution in [3.05, 3.63) is 18.2 Å². The fraction of sp³-hybridized carbons (Fsp3) is 0.333. The van der Waals surface area contributed by atoms with Gasteiger partial charge in [0, 0.05) is 24.1 Å². The number of amides is 1. The van der Waals surface area contributed by atoms with Crippen LogP contribution in [0.5, 0.6) is 11.5 Å². The van der Waals surface area contributed by atoms with Crippen LogP contribution in [0.25, 0.3) is 0 Å². The second kappa shape index (κ2) is 5.39. The van der Waals surface area contributed by atoms with Gasteiger partial charge in [-0.1, -0.05) is 0 Å². The van der Waals surface area contributed by atoms with E-state index in [0.29, 0.717) is 30.4 Å². The van der Waals surface area contributed by atoms with Crippen LogP contribution < -0.4 is 19.9 Å². The molecular weight excluding hydrogens is 238 g/mol. The molecule has 96 valence electrons. The maximum atomic E-state index is 11.4. The molecule has 0 saturated heterocycles. The number of anilines is 1. The van der Waals surface area contributed by atoms with Crippen LogP contribution in [0.3, 0.4) is 0 Å². The first-order chi connectivity index (χ1) is 8.65. The number of aliphatic carboxylic acids is 1. The number of carbonyl (C=O) groups is 2. The van der Waals surface area contributed by atoms with Gasteiger partial charge in [-0.2, -0.15) is 0 Å². The van der Waals surface area contributed by atoms with Crippen molar-refractivity contribution in [3.63, 3.8) is 0 Å². The van der Waals surface area contributed by atoms with Gasteiger partial charge >= 0.3 is 0 Å². The minimum absolute atomic E-state index is 0.114. The Morgan fingerprint density at radius 2 is 1.89 bits per heavy atom. The molecule has 6 heteroatoms. The van der Waals surface area contributed by atoms with Gasteiger partial charge in [-0.05, 0) is 18.6 Å². The monoisotopic (exact) mass is 250 g/mol. The molecule has 0 aromatic heterocycles. The van der Waals surface area contributed by atoms with Gasteiger partial charge in [0.25, 0.3) is 0 Å². The Bertz CT molecular complexity index is 472. The van der Waals surface area contributed by atoms with Crippen molar-refractivity contribution in [2.24, 2.45) is 0 Å². The molecule has 0 saturated carbocycles. The standard InChI is InChI=1S/C12H13NO5/c14-11(3-4-12(15)16)13-8-1-2-9-10(7-8)18-6-5-17-9/h1-2,7H,3-6H2,(H,13,14)(H,15,16)/p-1. The summed E-state index contributed by atoms with van der Waals surface area (Å²) in [5.74, 6) is -0.420. The van der Waals surface area contributed by atoms with E-state index in [0.717, 1.165) is 0 Å². The summed E-state index contributed by atoms with van der Waals surface area (Å²) in [7, 11) is 0. The Morgan fingerprint density at radius 3 is 2.61 bits per heavy atom. The molecule has 0 unspecified atom stereocenters. The third-order valence-corrected chi connectivity index (χ3v) is 2.38. The number of carboxylic acids is 1. The average Bonchev–Trinajstić information content (AvgIpc) is 2.36. The third-order valence-electron chi connectivity index (χ3n) is 2.38. The van der Waals surface area contributed by atoms with E-state index in [1.54, 1.807) is 18.2 Å². The van der Waals surface area contributed by atoms with E-state index in [4.69, 9.17) is 9.47 Å². The van der Waals surface area contributed by atoms with Crippen molar-refractivity contribution >= 4 is 17.6 Å². The molecule has 1 aromatic rings. The highest BCUT2D eigenvalue weighted by molar-refractivity contribution is 5.92. The summed E-state index contributed by atoms with van der Waals surface area (Å²) in [6, 6.07) is 5.01. The molecular formula is C12H12NO5-. The first-order valence-electron chi connectivity index (χ1n) is 5.54. The number of hydrogen-bond acceptors (Lipinski definition) is 5. The summed E-state index contributed by atoms with van der Waals surface area (Å²) in [5, 5.41) is 12.8. The van der Waals surface area contributed by atoms with Crippen molar-refractivity contribution in [1.29, 1.82) is 0 Å². The Labute approximate surface area is 104 Å². The van der Waals surface area contributed by atoms with E-state index in [1.807, 2.05) is 0 Å². The zero-order chi connectivity index (χ0) is 13.0. The van der Waals surface area contributed by atoms with Gasteiger partial charge < -0.3 is 24.7 Å². The van der Waals surface area contributed by atoms with Crippen LogP contribution in [0.2, 0.25) is 0 Å². The molecule has 1 amide bonds. The molecule has 1 heterocycles. The van der Waals surface area contributed by atoms with Crippen molar-refractivity contribution in [2.75, 3.05) is 18.5 Å². The van der Waals surface area contributed by atoms with E-state index >= 15 is 0 Å². The predicted molar refractivity (Wildman–Crippen MR) is 60.3 cm³/mol. The molecule has 0 atom stereocenters. The maximum Gasteiger partial charge on any atom is 0.224 e. The van der Waals surface area contributed by atoms with Crippen molar-refractivity contribution in [2.45, 2.75) is 12.8 Å². The zero-order valence-electron chi connectivity index (χ0n) is 9.60. The molecule has 1 N–H and O–H groups in total. The molecule has 0 bridgehead atoms. The zero-order valence-corrected chi connectivity index (χ0v) is 9.60.